The highest BCUT2D eigenvalue weighted by molar-refractivity contribution is 7.89. The van der Waals surface area contributed by atoms with E-state index in [9.17, 15) is 18.3 Å². The Bertz CT molecular complexity index is 810. The van der Waals surface area contributed by atoms with Gasteiger partial charge in [-0.2, -0.15) is 4.31 Å². The molecule has 0 radical (unpaired) electrons. The molecule has 1 N–H and O–H groups in total. The number of fused-ring (bicyclic) bond motifs is 1. The molecule has 6 nitrogen and oxygen atoms in total. The van der Waals surface area contributed by atoms with Gasteiger partial charge in [0.05, 0.1) is 11.7 Å². The summed E-state index contributed by atoms with van der Waals surface area (Å²) in [6.45, 7) is 1.74. The summed E-state index contributed by atoms with van der Waals surface area (Å²) in [6, 6.07) is 6.59. The molecule has 0 bridgehead atoms. The van der Waals surface area contributed by atoms with Crippen LogP contribution in [0, 0.1) is 5.41 Å². The van der Waals surface area contributed by atoms with Gasteiger partial charge in [0.15, 0.2) is 5.58 Å². The van der Waals surface area contributed by atoms with Gasteiger partial charge in [-0.05, 0) is 25.5 Å². The Kier molecular flexibility index (Phi) is 3.07. The second-order valence-electron chi connectivity index (χ2n) is 5.55. The zero-order valence-electron chi connectivity index (χ0n) is 11.4. The molecule has 21 heavy (non-hydrogen) atoms. The number of benzene rings is 1. The summed E-state index contributed by atoms with van der Waals surface area (Å²) >= 11 is 0. The Morgan fingerprint density at radius 2 is 2.14 bits per heavy atom. The molecule has 1 fully saturated rings. The van der Waals surface area contributed by atoms with Crippen molar-refractivity contribution in [2.45, 2.75) is 18.2 Å². The van der Waals surface area contributed by atoms with Crippen LogP contribution in [-0.2, 0) is 14.8 Å². The summed E-state index contributed by atoms with van der Waals surface area (Å²) in [4.78, 5) is 11.3. The number of rotatable bonds is 3. The van der Waals surface area contributed by atoms with E-state index in [2.05, 4.69) is 0 Å². The standard InChI is InChI=1S/C14H15NO5S/c1-14(13(16)17)6-7-15(9-14)21(18,19)11-4-2-3-10-5-8-20-12(10)11/h2-5,8H,6-7,9H2,1H3,(H,16,17). The van der Waals surface area contributed by atoms with Gasteiger partial charge in [0.25, 0.3) is 0 Å². The molecule has 1 saturated heterocycles. The van der Waals surface area contributed by atoms with Crippen molar-refractivity contribution >= 4 is 27.0 Å². The Morgan fingerprint density at radius 1 is 1.38 bits per heavy atom. The minimum absolute atomic E-state index is 0.0260. The Balaban J connectivity index is 2.03. The molecular weight excluding hydrogens is 294 g/mol. The van der Waals surface area contributed by atoms with E-state index in [1.807, 2.05) is 0 Å². The summed E-state index contributed by atoms with van der Waals surface area (Å²) in [7, 11) is -3.76. The Labute approximate surface area is 122 Å². The molecule has 0 saturated carbocycles. The average Bonchev–Trinajstić information content (AvgIpc) is 3.05. The van der Waals surface area contributed by atoms with Crippen LogP contribution in [-0.4, -0.2) is 36.9 Å². The van der Waals surface area contributed by atoms with Crippen LogP contribution < -0.4 is 0 Å². The minimum atomic E-state index is -3.76. The first-order chi connectivity index (χ1) is 9.84. The number of nitrogens with zero attached hydrogens (tertiary/aromatic N) is 1. The van der Waals surface area contributed by atoms with Crippen molar-refractivity contribution in [3.8, 4) is 0 Å². The third-order valence-electron chi connectivity index (χ3n) is 4.02. The van der Waals surface area contributed by atoms with Crippen LogP contribution in [0.2, 0.25) is 0 Å². The fraction of sp³-hybridized carbons (Fsp3) is 0.357. The first-order valence-corrected chi connectivity index (χ1v) is 7.98. The molecule has 1 aromatic heterocycles. The number of aliphatic carboxylic acids is 1. The second-order valence-corrected chi connectivity index (χ2v) is 7.46. The summed E-state index contributed by atoms with van der Waals surface area (Å²) in [5.41, 5.74) is -0.731. The van der Waals surface area contributed by atoms with Crippen molar-refractivity contribution in [3.63, 3.8) is 0 Å². The van der Waals surface area contributed by atoms with Gasteiger partial charge in [-0.1, -0.05) is 12.1 Å². The highest BCUT2D eigenvalue weighted by atomic mass is 32.2. The summed E-state index contributed by atoms with van der Waals surface area (Å²) in [5.74, 6) is -0.976. The number of carboxylic acid groups (broad SMARTS) is 1. The zero-order valence-corrected chi connectivity index (χ0v) is 12.3. The van der Waals surface area contributed by atoms with Crippen LogP contribution in [0.3, 0.4) is 0 Å². The lowest BCUT2D eigenvalue weighted by Gasteiger charge is -2.20. The largest absolute Gasteiger partial charge is 0.481 e. The molecule has 1 aliphatic rings. The molecule has 2 aromatic rings. The van der Waals surface area contributed by atoms with Gasteiger partial charge in [0.2, 0.25) is 10.0 Å². The van der Waals surface area contributed by atoms with Gasteiger partial charge < -0.3 is 9.52 Å². The summed E-state index contributed by atoms with van der Waals surface area (Å²) in [5, 5.41) is 9.93. The van der Waals surface area contributed by atoms with Crippen LogP contribution in [0.4, 0.5) is 0 Å². The van der Waals surface area contributed by atoms with Crippen molar-refractivity contribution in [2.75, 3.05) is 13.1 Å². The molecule has 7 heteroatoms. The van der Waals surface area contributed by atoms with Gasteiger partial charge >= 0.3 is 5.97 Å². The van der Waals surface area contributed by atoms with E-state index < -0.39 is 21.4 Å². The molecule has 1 aliphatic heterocycles. The normalized spacial score (nSPS) is 23.7. The smallest absolute Gasteiger partial charge is 0.310 e. The van der Waals surface area contributed by atoms with E-state index >= 15 is 0 Å². The maximum Gasteiger partial charge on any atom is 0.310 e. The van der Waals surface area contributed by atoms with Crippen molar-refractivity contribution in [3.05, 3.63) is 30.5 Å². The number of carboxylic acids is 1. The molecule has 2 heterocycles. The molecule has 0 aliphatic carbocycles. The molecular formula is C14H15NO5S. The highest BCUT2D eigenvalue weighted by Crippen LogP contribution is 2.35. The van der Waals surface area contributed by atoms with Crippen molar-refractivity contribution in [1.82, 2.24) is 4.31 Å². The van der Waals surface area contributed by atoms with Gasteiger partial charge in [-0.3, -0.25) is 4.79 Å². The lowest BCUT2D eigenvalue weighted by Crippen LogP contribution is -2.34. The minimum Gasteiger partial charge on any atom is -0.481 e. The number of sulfonamides is 1. The average molecular weight is 309 g/mol. The number of hydrogen-bond acceptors (Lipinski definition) is 4. The topological polar surface area (TPSA) is 87.8 Å². The Morgan fingerprint density at radius 3 is 2.81 bits per heavy atom. The molecule has 0 spiro atoms. The van der Waals surface area contributed by atoms with Crippen LogP contribution in [0.1, 0.15) is 13.3 Å². The van der Waals surface area contributed by atoms with Crippen LogP contribution in [0.25, 0.3) is 11.0 Å². The van der Waals surface area contributed by atoms with Crippen molar-refractivity contribution < 1.29 is 22.7 Å². The van der Waals surface area contributed by atoms with E-state index in [1.54, 1.807) is 25.1 Å². The number of para-hydroxylation sites is 1. The monoisotopic (exact) mass is 309 g/mol. The van der Waals surface area contributed by atoms with Gasteiger partial charge in [-0.15, -0.1) is 0 Å². The SMILES string of the molecule is CC1(C(=O)O)CCN(S(=O)(=O)c2cccc3ccoc23)C1. The third kappa shape index (κ3) is 2.13. The van der Waals surface area contributed by atoms with E-state index in [4.69, 9.17) is 4.42 Å². The number of carbonyl (C=O) groups is 1. The van der Waals surface area contributed by atoms with Gasteiger partial charge in [0, 0.05) is 18.5 Å². The van der Waals surface area contributed by atoms with E-state index in [-0.39, 0.29) is 18.0 Å². The molecule has 1 unspecified atom stereocenters. The first kappa shape index (κ1) is 14.1. The van der Waals surface area contributed by atoms with E-state index in [0.29, 0.717) is 17.4 Å². The van der Waals surface area contributed by atoms with Crippen LogP contribution >= 0.6 is 0 Å². The predicted molar refractivity (Wildman–Crippen MR) is 75.3 cm³/mol. The third-order valence-corrected chi connectivity index (χ3v) is 5.88. The second kappa shape index (κ2) is 4.57. The summed E-state index contributed by atoms with van der Waals surface area (Å²) < 4.78 is 32.0. The zero-order chi connectivity index (χ0) is 15.3. The van der Waals surface area contributed by atoms with Crippen molar-refractivity contribution in [1.29, 1.82) is 0 Å². The lowest BCUT2D eigenvalue weighted by atomic mass is 9.90. The summed E-state index contributed by atoms with van der Waals surface area (Å²) in [6.07, 6.45) is 1.74. The fourth-order valence-electron chi connectivity index (χ4n) is 2.61. The van der Waals surface area contributed by atoms with E-state index in [0.717, 1.165) is 0 Å². The highest BCUT2D eigenvalue weighted by Gasteiger charge is 2.45. The fourth-order valence-corrected chi connectivity index (χ4v) is 4.32. The van der Waals surface area contributed by atoms with Gasteiger partial charge in [-0.25, -0.2) is 8.42 Å². The van der Waals surface area contributed by atoms with E-state index in [1.165, 1.54) is 16.6 Å². The maximum atomic E-state index is 12.7. The number of hydrogen-bond donors (Lipinski definition) is 1. The first-order valence-electron chi connectivity index (χ1n) is 6.54. The van der Waals surface area contributed by atoms with Crippen LogP contribution in [0.5, 0.6) is 0 Å². The predicted octanol–water partition coefficient (Wildman–Crippen LogP) is 1.92. The molecule has 112 valence electrons. The van der Waals surface area contributed by atoms with Crippen molar-refractivity contribution in [2.24, 2.45) is 5.41 Å². The van der Waals surface area contributed by atoms with Crippen LogP contribution in [0.15, 0.2) is 39.8 Å². The Hall–Kier alpha value is -1.86. The number of furan rings is 1. The van der Waals surface area contributed by atoms with Gasteiger partial charge in [0.1, 0.15) is 4.90 Å². The molecule has 0 amide bonds. The molecule has 1 aromatic carbocycles. The quantitative estimate of drug-likeness (QED) is 0.935. The molecule has 3 rings (SSSR count). The maximum absolute atomic E-state index is 12.7. The lowest BCUT2D eigenvalue weighted by molar-refractivity contribution is -0.146. The molecule has 1 atom stereocenters.